The fourth-order valence-electron chi connectivity index (χ4n) is 1.87. The molecule has 1 unspecified atom stereocenters. The van der Waals surface area contributed by atoms with E-state index in [0.29, 0.717) is 6.42 Å². The minimum Gasteiger partial charge on any atom is -0.468 e. The van der Waals surface area contributed by atoms with Gasteiger partial charge in [0.15, 0.2) is 5.41 Å². The summed E-state index contributed by atoms with van der Waals surface area (Å²) in [6.07, 6.45) is 0.493. The summed E-state index contributed by atoms with van der Waals surface area (Å²) in [6, 6.07) is 2.19. The first kappa shape index (κ1) is 15.0. The zero-order valence-corrected chi connectivity index (χ0v) is 11.5. The molecular weight excluding hydrogens is 202 g/mol. The predicted octanol–water partition coefficient (Wildman–Crippen LogP) is 3.15. The third-order valence-corrected chi connectivity index (χ3v) is 2.80. The van der Waals surface area contributed by atoms with Crippen LogP contribution in [0.1, 0.15) is 48.0 Å². The molecule has 0 fully saturated rings. The van der Waals surface area contributed by atoms with E-state index in [1.165, 1.54) is 7.11 Å². The van der Waals surface area contributed by atoms with Crippen molar-refractivity contribution < 1.29 is 9.53 Å². The van der Waals surface area contributed by atoms with E-state index in [-0.39, 0.29) is 5.41 Å². The first-order chi connectivity index (χ1) is 7.00. The second-order valence-corrected chi connectivity index (χ2v) is 6.50. The van der Waals surface area contributed by atoms with Gasteiger partial charge in [0.05, 0.1) is 13.2 Å². The number of nitriles is 1. The maximum Gasteiger partial charge on any atom is 0.326 e. The Balaban J connectivity index is 5.52. The molecule has 0 aromatic rings. The van der Waals surface area contributed by atoms with Crippen molar-refractivity contribution in [2.24, 2.45) is 16.2 Å². The number of ether oxygens (including phenoxy) is 1. The van der Waals surface area contributed by atoms with Gasteiger partial charge in [-0.25, -0.2) is 0 Å². The van der Waals surface area contributed by atoms with Gasteiger partial charge in [0.2, 0.25) is 0 Å². The predicted molar refractivity (Wildman–Crippen MR) is 63.6 cm³/mol. The molecule has 0 spiro atoms. The number of hydrogen-bond donors (Lipinski definition) is 0. The van der Waals surface area contributed by atoms with Gasteiger partial charge in [-0.2, -0.15) is 5.26 Å². The molecule has 0 aliphatic rings. The molecule has 0 N–H and O–H groups in total. The van der Waals surface area contributed by atoms with Gasteiger partial charge in [-0.1, -0.05) is 41.5 Å². The SMILES string of the molecule is COC(=O)C(C#N)(CC(C)(C)C)C(C)(C)C. The molecule has 0 aliphatic carbocycles. The van der Waals surface area contributed by atoms with E-state index >= 15 is 0 Å². The standard InChI is InChI=1S/C13H23NO2/c1-11(2,3)8-13(9-14,10(15)16-7)12(4,5)6/h8H2,1-7H3. The lowest BCUT2D eigenvalue weighted by molar-refractivity contribution is -0.157. The van der Waals surface area contributed by atoms with Crippen LogP contribution in [0.4, 0.5) is 0 Å². The van der Waals surface area contributed by atoms with Crippen molar-refractivity contribution in [2.75, 3.05) is 7.11 Å². The second kappa shape index (κ2) is 4.45. The van der Waals surface area contributed by atoms with Crippen molar-refractivity contribution in [1.29, 1.82) is 5.26 Å². The molecule has 0 bridgehead atoms. The second-order valence-electron chi connectivity index (χ2n) is 6.50. The maximum atomic E-state index is 11.9. The van der Waals surface area contributed by atoms with E-state index in [2.05, 4.69) is 6.07 Å². The van der Waals surface area contributed by atoms with E-state index in [4.69, 9.17) is 4.74 Å². The zero-order chi connectivity index (χ0) is 13.2. The first-order valence-corrected chi connectivity index (χ1v) is 5.50. The van der Waals surface area contributed by atoms with Gasteiger partial charge in [-0.15, -0.1) is 0 Å². The average Bonchev–Trinajstić information content (AvgIpc) is 2.09. The highest BCUT2D eigenvalue weighted by Crippen LogP contribution is 2.47. The van der Waals surface area contributed by atoms with Gasteiger partial charge < -0.3 is 4.74 Å². The Morgan fingerprint density at radius 1 is 1.19 bits per heavy atom. The smallest absolute Gasteiger partial charge is 0.326 e. The Bertz CT molecular complexity index is 301. The minimum absolute atomic E-state index is 0.100. The number of hydrogen-bond acceptors (Lipinski definition) is 3. The molecular formula is C13H23NO2. The Morgan fingerprint density at radius 2 is 1.62 bits per heavy atom. The van der Waals surface area contributed by atoms with Gasteiger partial charge in [-0.3, -0.25) is 4.79 Å². The fraction of sp³-hybridized carbons (Fsp3) is 0.846. The summed E-state index contributed by atoms with van der Waals surface area (Å²) in [7, 11) is 1.34. The summed E-state index contributed by atoms with van der Waals surface area (Å²) in [5.41, 5.74) is -1.63. The van der Waals surface area contributed by atoms with E-state index in [1.807, 2.05) is 41.5 Å². The highest BCUT2D eigenvalue weighted by molar-refractivity contribution is 5.81. The Morgan fingerprint density at radius 3 is 1.81 bits per heavy atom. The minimum atomic E-state index is -1.08. The molecule has 3 nitrogen and oxygen atoms in total. The van der Waals surface area contributed by atoms with Gasteiger partial charge >= 0.3 is 5.97 Å². The summed E-state index contributed by atoms with van der Waals surface area (Å²) in [4.78, 5) is 11.9. The highest BCUT2D eigenvalue weighted by Gasteiger charge is 2.52. The topological polar surface area (TPSA) is 50.1 Å². The number of carbonyl (C=O) groups is 1. The molecule has 0 saturated carbocycles. The van der Waals surface area contributed by atoms with Crippen LogP contribution in [-0.4, -0.2) is 13.1 Å². The fourth-order valence-corrected chi connectivity index (χ4v) is 1.87. The van der Waals surface area contributed by atoms with Gasteiger partial charge in [0.25, 0.3) is 0 Å². The lowest BCUT2D eigenvalue weighted by atomic mass is 9.61. The highest BCUT2D eigenvalue weighted by atomic mass is 16.5. The van der Waals surface area contributed by atoms with Crippen molar-refractivity contribution in [3.05, 3.63) is 0 Å². The van der Waals surface area contributed by atoms with E-state index < -0.39 is 16.8 Å². The van der Waals surface area contributed by atoms with E-state index in [9.17, 15) is 10.1 Å². The Labute approximate surface area is 98.8 Å². The molecule has 16 heavy (non-hydrogen) atoms. The Kier molecular flexibility index (Phi) is 4.16. The van der Waals surface area contributed by atoms with Gasteiger partial charge in [0, 0.05) is 0 Å². The van der Waals surface area contributed by atoms with Crippen LogP contribution in [0.15, 0.2) is 0 Å². The van der Waals surface area contributed by atoms with Crippen molar-refractivity contribution >= 4 is 5.97 Å². The zero-order valence-electron chi connectivity index (χ0n) is 11.5. The number of rotatable bonds is 2. The molecule has 0 rings (SSSR count). The average molecular weight is 225 g/mol. The molecule has 3 heteroatoms. The van der Waals surface area contributed by atoms with E-state index in [1.54, 1.807) is 0 Å². The molecule has 0 aliphatic heterocycles. The molecule has 0 saturated heterocycles. The third-order valence-electron chi connectivity index (χ3n) is 2.80. The van der Waals surface area contributed by atoms with Crippen LogP contribution in [0.5, 0.6) is 0 Å². The Hall–Kier alpha value is -1.04. The molecule has 0 heterocycles. The van der Waals surface area contributed by atoms with E-state index in [0.717, 1.165) is 0 Å². The van der Waals surface area contributed by atoms with Crippen LogP contribution in [0, 0.1) is 27.6 Å². The largest absolute Gasteiger partial charge is 0.468 e. The summed E-state index contributed by atoms with van der Waals surface area (Å²) < 4.78 is 4.82. The van der Waals surface area contributed by atoms with Crippen molar-refractivity contribution in [1.82, 2.24) is 0 Å². The van der Waals surface area contributed by atoms with Crippen LogP contribution in [0.2, 0.25) is 0 Å². The number of carbonyl (C=O) groups excluding carboxylic acids is 1. The summed E-state index contributed by atoms with van der Waals surface area (Å²) in [5, 5.41) is 9.43. The molecule has 0 aromatic heterocycles. The summed E-state index contributed by atoms with van der Waals surface area (Å²) in [6.45, 7) is 11.8. The summed E-state index contributed by atoms with van der Waals surface area (Å²) >= 11 is 0. The molecule has 92 valence electrons. The lowest BCUT2D eigenvalue weighted by Gasteiger charge is -2.40. The van der Waals surface area contributed by atoms with Crippen molar-refractivity contribution in [3.8, 4) is 6.07 Å². The lowest BCUT2D eigenvalue weighted by Crippen LogP contribution is -2.45. The number of nitrogens with zero attached hydrogens (tertiary/aromatic N) is 1. The molecule has 0 radical (unpaired) electrons. The van der Waals surface area contributed by atoms with Crippen LogP contribution in [0.25, 0.3) is 0 Å². The first-order valence-electron chi connectivity index (χ1n) is 5.50. The van der Waals surface area contributed by atoms with Gasteiger partial charge in [-0.05, 0) is 17.3 Å². The van der Waals surface area contributed by atoms with Crippen molar-refractivity contribution in [3.63, 3.8) is 0 Å². The van der Waals surface area contributed by atoms with Crippen LogP contribution in [-0.2, 0) is 9.53 Å². The maximum absolute atomic E-state index is 11.9. The number of methoxy groups -OCH3 is 1. The monoisotopic (exact) mass is 225 g/mol. The summed E-state index contributed by atoms with van der Waals surface area (Å²) in [5.74, 6) is -0.433. The molecule has 1 atom stereocenters. The molecule has 0 aromatic carbocycles. The van der Waals surface area contributed by atoms with Crippen LogP contribution >= 0.6 is 0 Å². The van der Waals surface area contributed by atoms with Crippen molar-refractivity contribution in [2.45, 2.75) is 48.0 Å². The third kappa shape index (κ3) is 2.98. The van der Waals surface area contributed by atoms with Gasteiger partial charge in [0.1, 0.15) is 0 Å². The van der Waals surface area contributed by atoms with Crippen LogP contribution in [0.3, 0.4) is 0 Å². The molecule has 0 amide bonds. The quantitative estimate of drug-likeness (QED) is 0.678. The van der Waals surface area contributed by atoms with Crippen LogP contribution < -0.4 is 0 Å². The normalized spacial score (nSPS) is 16.1. The number of esters is 1.